The predicted molar refractivity (Wildman–Crippen MR) is 54.9 cm³/mol. The molecule has 0 amide bonds. The molecular formula is C8H10Cl2N2. The van der Waals surface area contributed by atoms with E-state index >= 15 is 0 Å². The molecule has 0 bridgehead atoms. The topological polar surface area (TPSA) is 24.1 Å². The maximum atomic E-state index is 5.49. The van der Waals surface area contributed by atoms with Crippen molar-refractivity contribution in [3.8, 4) is 0 Å². The van der Waals surface area contributed by atoms with Crippen molar-refractivity contribution in [1.29, 1.82) is 0 Å². The standard InChI is InChI=1S/C8H10Cl2N2/c1-5-3-7(11-9)8(12-10)4-6(5)2/h3-4,11-12H,1-2H3. The summed E-state index contributed by atoms with van der Waals surface area (Å²) >= 11 is 11.0. The van der Waals surface area contributed by atoms with Crippen LogP contribution in [0.2, 0.25) is 0 Å². The Morgan fingerprint density at radius 2 is 1.25 bits per heavy atom. The van der Waals surface area contributed by atoms with Crippen LogP contribution in [0, 0.1) is 13.8 Å². The molecule has 0 aliphatic carbocycles. The fraction of sp³-hybridized carbons (Fsp3) is 0.250. The quantitative estimate of drug-likeness (QED) is 0.722. The minimum absolute atomic E-state index is 0.787. The smallest absolute Gasteiger partial charge is 0.0738 e. The van der Waals surface area contributed by atoms with Crippen LogP contribution in [0.25, 0.3) is 0 Å². The summed E-state index contributed by atoms with van der Waals surface area (Å²) < 4.78 is 0. The highest BCUT2D eigenvalue weighted by Crippen LogP contribution is 2.26. The van der Waals surface area contributed by atoms with Crippen molar-refractivity contribution in [1.82, 2.24) is 0 Å². The molecule has 2 N–H and O–H groups in total. The van der Waals surface area contributed by atoms with Crippen molar-refractivity contribution in [3.63, 3.8) is 0 Å². The molecule has 0 aromatic heterocycles. The first kappa shape index (κ1) is 9.49. The SMILES string of the molecule is Cc1cc(NCl)c(NCl)cc1C. The second kappa shape index (κ2) is 3.87. The molecule has 0 unspecified atom stereocenters. The number of benzene rings is 1. The Morgan fingerprint density at radius 3 is 1.50 bits per heavy atom. The fourth-order valence-corrected chi connectivity index (χ4v) is 1.29. The van der Waals surface area contributed by atoms with Gasteiger partial charge in [-0.2, -0.15) is 0 Å². The van der Waals surface area contributed by atoms with Crippen molar-refractivity contribution in [2.24, 2.45) is 0 Å². The molecule has 0 heterocycles. The van der Waals surface area contributed by atoms with Gasteiger partial charge in [0.15, 0.2) is 0 Å². The van der Waals surface area contributed by atoms with Crippen LogP contribution in [0.3, 0.4) is 0 Å². The van der Waals surface area contributed by atoms with E-state index in [9.17, 15) is 0 Å². The normalized spacial score (nSPS) is 9.67. The third-order valence-corrected chi connectivity index (χ3v) is 2.24. The van der Waals surface area contributed by atoms with Crippen LogP contribution < -0.4 is 9.67 Å². The van der Waals surface area contributed by atoms with E-state index in [0.29, 0.717) is 0 Å². The lowest BCUT2D eigenvalue weighted by Gasteiger charge is -2.08. The summed E-state index contributed by atoms with van der Waals surface area (Å²) in [5.74, 6) is 0. The van der Waals surface area contributed by atoms with Crippen LogP contribution in [-0.2, 0) is 0 Å². The molecule has 12 heavy (non-hydrogen) atoms. The van der Waals surface area contributed by atoms with E-state index in [0.717, 1.165) is 11.4 Å². The Kier molecular flexibility index (Phi) is 3.06. The van der Waals surface area contributed by atoms with E-state index in [2.05, 4.69) is 9.67 Å². The van der Waals surface area contributed by atoms with Crippen LogP contribution in [0.15, 0.2) is 12.1 Å². The van der Waals surface area contributed by atoms with E-state index in [1.165, 1.54) is 11.1 Å². The Bertz CT molecular complexity index is 258. The number of aryl methyl sites for hydroxylation is 2. The van der Waals surface area contributed by atoms with E-state index in [1.807, 2.05) is 26.0 Å². The van der Waals surface area contributed by atoms with Crippen molar-refractivity contribution in [2.45, 2.75) is 13.8 Å². The summed E-state index contributed by atoms with van der Waals surface area (Å²) in [6.45, 7) is 4.04. The predicted octanol–water partition coefficient (Wildman–Crippen LogP) is 3.43. The monoisotopic (exact) mass is 204 g/mol. The Balaban J connectivity index is 3.19. The van der Waals surface area contributed by atoms with Gasteiger partial charge in [0.05, 0.1) is 11.4 Å². The minimum Gasteiger partial charge on any atom is -0.296 e. The summed E-state index contributed by atoms with van der Waals surface area (Å²) in [5.41, 5.74) is 3.92. The molecule has 4 heteroatoms. The maximum Gasteiger partial charge on any atom is 0.0738 e. The lowest BCUT2D eigenvalue weighted by Crippen LogP contribution is -1.91. The van der Waals surface area contributed by atoms with Gasteiger partial charge in [-0.15, -0.1) is 0 Å². The molecule has 0 aliphatic rings. The first-order valence-corrected chi connectivity index (χ1v) is 4.29. The Hall–Kier alpha value is -0.600. The van der Waals surface area contributed by atoms with Crippen LogP contribution in [0.1, 0.15) is 11.1 Å². The molecule has 0 fully saturated rings. The zero-order chi connectivity index (χ0) is 9.14. The number of anilines is 2. The van der Waals surface area contributed by atoms with E-state index in [4.69, 9.17) is 23.6 Å². The summed E-state index contributed by atoms with van der Waals surface area (Å²) in [6.07, 6.45) is 0. The van der Waals surface area contributed by atoms with Crippen LogP contribution in [-0.4, -0.2) is 0 Å². The van der Waals surface area contributed by atoms with Gasteiger partial charge in [0, 0.05) is 23.6 Å². The molecule has 0 spiro atoms. The Morgan fingerprint density at radius 1 is 0.917 bits per heavy atom. The second-order valence-corrected chi connectivity index (χ2v) is 3.05. The molecule has 1 aromatic rings. The van der Waals surface area contributed by atoms with E-state index in [-0.39, 0.29) is 0 Å². The summed E-state index contributed by atoms with van der Waals surface area (Å²) in [4.78, 5) is 5.08. The number of rotatable bonds is 2. The molecule has 1 aromatic carbocycles. The summed E-state index contributed by atoms with van der Waals surface area (Å²) in [5, 5.41) is 0. The van der Waals surface area contributed by atoms with Gasteiger partial charge in [-0.3, -0.25) is 9.67 Å². The molecule has 0 aliphatic heterocycles. The minimum atomic E-state index is 0.787. The Labute approximate surface area is 82.1 Å². The van der Waals surface area contributed by atoms with Gasteiger partial charge in [-0.1, -0.05) is 0 Å². The zero-order valence-electron chi connectivity index (χ0n) is 6.91. The number of hydrogen-bond donors (Lipinski definition) is 2. The largest absolute Gasteiger partial charge is 0.296 e. The average molecular weight is 205 g/mol. The van der Waals surface area contributed by atoms with Gasteiger partial charge in [-0.25, -0.2) is 0 Å². The van der Waals surface area contributed by atoms with Crippen molar-refractivity contribution in [2.75, 3.05) is 9.67 Å². The van der Waals surface area contributed by atoms with Crippen molar-refractivity contribution in [3.05, 3.63) is 23.3 Å². The maximum absolute atomic E-state index is 5.49. The molecule has 0 saturated heterocycles. The van der Waals surface area contributed by atoms with E-state index < -0.39 is 0 Å². The molecule has 66 valence electrons. The summed E-state index contributed by atoms with van der Waals surface area (Å²) in [6, 6.07) is 3.88. The van der Waals surface area contributed by atoms with Gasteiger partial charge in [-0.05, 0) is 37.1 Å². The highest BCUT2D eigenvalue weighted by atomic mass is 35.5. The van der Waals surface area contributed by atoms with Gasteiger partial charge < -0.3 is 0 Å². The lowest BCUT2D eigenvalue weighted by atomic mass is 10.1. The molecule has 0 saturated carbocycles. The number of nitrogens with one attached hydrogen (secondary N) is 2. The first-order valence-electron chi connectivity index (χ1n) is 3.53. The van der Waals surface area contributed by atoms with Crippen molar-refractivity contribution >= 4 is 34.9 Å². The third-order valence-electron chi connectivity index (χ3n) is 1.84. The summed E-state index contributed by atoms with van der Waals surface area (Å²) in [7, 11) is 0. The average Bonchev–Trinajstić information content (AvgIpc) is 2.09. The number of halogens is 2. The van der Waals surface area contributed by atoms with Gasteiger partial charge in [0.1, 0.15) is 0 Å². The molecule has 0 atom stereocenters. The lowest BCUT2D eigenvalue weighted by molar-refractivity contribution is 1.34. The third kappa shape index (κ3) is 1.76. The number of hydrogen-bond acceptors (Lipinski definition) is 2. The molecule has 0 radical (unpaired) electrons. The molecular weight excluding hydrogens is 195 g/mol. The van der Waals surface area contributed by atoms with Crippen LogP contribution in [0.4, 0.5) is 11.4 Å². The fourth-order valence-electron chi connectivity index (χ4n) is 0.973. The first-order chi connectivity index (χ1) is 5.69. The molecule has 2 nitrogen and oxygen atoms in total. The molecule has 1 rings (SSSR count). The highest BCUT2D eigenvalue weighted by Gasteiger charge is 2.02. The second-order valence-electron chi connectivity index (χ2n) is 2.67. The van der Waals surface area contributed by atoms with Crippen LogP contribution >= 0.6 is 23.6 Å². The van der Waals surface area contributed by atoms with E-state index in [1.54, 1.807) is 0 Å². The van der Waals surface area contributed by atoms with Gasteiger partial charge >= 0.3 is 0 Å². The van der Waals surface area contributed by atoms with Crippen molar-refractivity contribution < 1.29 is 0 Å². The van der Waals surface area contributed by atoms with Gasteiger partial charge in [0.25, 0.3) is 0 Å². The van der Waals surface area contributed by atoms with Crippen LogP contribution in [0.5, 0.6) is 0 Å². The zero-order valence-corrected chi connectivity index (χ0v) is 8.42. The highest BCUT2D eigenvalue weighted by molar-refractivity contribution is 6.28. The van der Waals surface area contributed by atoms with Gasteiger partial charge in [0.2, 0.25) is 0 Å².